The lowest BCUT2D eigenvalue weighted by Crippen LogP contribution is -2.24. The van der Waals surface area contributed by atoms with E-state index in [1.165, 1.54) is 0 Å². The van der Waals surface area contributed by atoms with Crippen LogP contribution in [-0.4, -0.2) is 22.6 Å². The molecule has 1 atom stereocenters. The van der Waals surface area contributed by atoms with Crippen LogP contribution in [0.2, 0.25) is 5.02 Å². The molecule has 1 unspecified atom stereocenters. The van der Waals surface area contributed by atoms with Crippen molar-refractivity contribution in [2.75, 3.05) is 11.4 Å². The van der Waals surface area contributed by atoms with Crippen LogP contribution in [0.1, 0.15) is 34.9 Å². The molecule has 27 heavy (non-hydrogen) atoms. The number of hydrogen-bond donors (Lipinski definition) is 0. The maximum Gasteiger partial charge on any atom is 0.232 e. The van der Waals surface area contributed by atoms with Crippen LogP contribution in [0.15, 0.2) is 40.9 Å². The highest BCUT2D eigenvalue weighted by Gasteiger charge is 2.36. The first-order chi connectivity index (χ1) is 12.9. The molecular weight excluding hydrogens is 362 g/mol. The number of aromatic nitrogens is 2. The van der Waals surface area contributed by atoms with Crippen LogP contribution >= 0.6 is 11.6 Å². The number of nitrogens with zero attached hydrogens (tertiary/aromatic N) is 3. The van der Waals surface area contributed by atoms with Gasteiger partial charge in [0.15, 0.2) is 0 Å². The Hall–Kier alpha value is -2.66. The van der Waals surface area contributed by atoms with Crippen molar-refractivity contribution < 1.29 is 9.32 Å². The molecule has 1 aliphatic heterocycles. The Morgan fingerprint density at radius 3 is 2.63 bits per heavy atom. The number of carbonyl (C=O) groups is 1. The molecule has 0 spiro atoms. The van der Waals surface area contributed by atoms with Gasteiger partial charge in [-0.15, -0.1) is 0 Å². The maximum atomic E-state index is 12.5. The fourth-order valence-corrected chi connectivity index (χ4v) is 3.76. The largest absolute Gasteiger partial charge is 0.339 e. The minimum absolute atomic E-state index is 0.0113. The quantitative estimate of drug-likeness (QED) is 0.651. The van der Waals surface area contributed by atoms with E-state index in [0.717, 1.165) is 27.9 Å². The topological polar surface area (TPSA) is 59.2 Å². The Balaban J connectivity index is 1.60. The number of hydrogen-bond acceptors (Lipinski definition) is 4. The summed E-state index contributed by atoms with van der Waals surface area (Å²) < 4.78 is 5.51. The van der Waals surface area contributed by atoms with Crippen LogP contribution in [-0.2, 0) is 4.79 Å². The highest BCUT2D eigenvalue weighted by atomic mass is 35.5. The Bertz CT molecular complexity index is 1030. The fourth-order valence-electron chi connectivity index (χ4n) is 3.42. The smallest absolute Gasteiger partial charge is 0.232 e. The Labute approximate surface area is 163 Å². The summed E-state index contributed by atoms with van der Waals surface area (Å²) in [7, 11) is 0. The van der Waals surface area contributed by atoms with E-state index in [1.807, 2.05) is 51.1 Å². The van der Waals surface area contributed by atoms with Crippen molar-refractivity contribution in [3.05, 3.63) is 64.0 Å². The lowest BCUT2D eigenvalue weighted by Gasteiger charge is -2.18. The molecular formula is C21H20ClN3O2. The predicted molar refractivity (Wildman–Crippen MR) is 105 cm³/mol. The minimum Gasteiger partial charge on any atom is -0.339 e. The van der Waals surface area contributed by atoms with Crippen molar-refractivity contribution in [3.8, 4) is 11.4 Å². The monoisotopic (exact) mass is 381 g/mol. The van der Waals surface area contributed by atoms with Gasteiger partial charge >= 0.3 is 0 Å². The van der Waals surface area contributed by atoms with Gasteiger partial charge in [-0.05, 0) is 50.1 Å². The average Bonchev–Trinajstić information content (AvgIpc) is 3.24. The van der Waals surface area contributed by atoms with Crippen molar-refractivity contribution in [1.82, 2.24) is 10.1 Å². The summed E-state index contributed by atoms with van der Waals surface area (Å²) in [5.41, 5.74) is 4.96. The SMILES string of the molecule is Cc1ccc(N2CC(c3nc(-c4cc(C)ccc4C)no3)CC2=O)c(Cl)c1. The number of carbonyl (C=O) groups excluding carboxylic acids is 1. The maximum absolute atomic E-state index is 12.5. The first-order valence-electron chi connectivity index (χ1n) is 8.90. The second kappa shape index (κ2) is 6.82. The molecule has 1 fully saturated rings. The van der Waals surface area contributed by atoms with Crippen LogP contribution in [0.5, 0.6) is 0 Å². The molecule has 5 nitrogen and oxygen atoms in total. The van der Waals surface area contributed by atoms with Gasteiger partial charge < -0.3 is 9.42 Å². The average molecular weight is 382 g/mol. The highest BCUT2D eigenvalue weighted by Crippen LogP contribution is 2.36. The van der Waals surface area contributed by atoms with Gasteiger partial charge in [0.25, 0.3) is 0 Å². The van der Waals surface area contributed by atoms with Crippen LogP contribution in [0, 0.1) is 20.8 Å². The third-order valence-electron chi connectivity index (χ3n) is 4.94. The van der Waals surface area contributed by atoms with E-state index in [9.17, 15) is 4.79 Å². The summed E-state index contributed by atoms with van der Waals surface area (Å²) in [6.45, 7) is 6.50. The molecule has 4 rings (SSSR count). The third-order valence-corrected chi connectivity index (χ3v) is 5.25. The lowest BCUT2D eigenvalue weighted by atomic mass is 10.1. The summed E-state index contributed by atoms with van der Waals surface area (Å²) in [4.78, 5) is 18.8. The summed E-state index contributed by atoms with van der Waals surface area (Å²) in [6, 6.07) is 11.8. The van der Waals surface area contributed by atoms with Crippen LogP contribution in [0.3, 0.4) is 0 Å². The van der Waals surface area contributed by atoms with Gasteiger partial charge in [-0.2, -0.15) is 4.98 Å². The first kappa shape index (κ1) is 17.7. The van der Waals surface area contributed by atoms with Crippen LogP contribution in [0.25, 0.3) is 11.4 Å². The van der Waals surface area contributed by atoms with Crippen molar-refractivity contribution in [3.63, 3.8) is 0 Å². The first-order valence-corrected chi connectivity index (χ1v) is 9.28. The molecule has 1 saturated heterocycles. The lowest BCUT2D eigenvalue weighted by molar-refractivity contribution is -0.117. The Morgan fingerprint density at radius 1 is 1.11 bits per heavy atom. The molecule has 0 radical (unpaired) electrons. The van der Waals surface area contributed by atoms with E-state index in [2.05, 4.69) is 16.2 Å². The summed E-state index contributed by atoms with van der Waals surface area (Å²) >= 11 is 6.34. The Morgan fingerprint density at radius 2 is 1.85 bits per heavy atom. The van der Waals surface area contributed by atoms with E-state index in [1.54, 1.807) is 4.90 Å². The molecule has 1 aliphatic rings. The van der Waals surface area contributed by atoms with Crippen molar-refractivity contribution >= 4 is 23.2 Å². The summed E-state index contributed by atoms with van der Waals surface area (Å²) in [6.07, 6.45) is 0.332. The van der Waals surface area contributed by atoms with Gasteiger partial charge in [-0.1, -0.05) is 40.5 Å². The molecule has 2 heterocycles. The minimum atomic E-state index is -0.138. The van der Waals surface area contributed by atoms with Gasteiger partial charge in [-0.3, -0.25) is 4.79 Å². The van der Waals surface area contributed by atoms with Gasteiger partial charge in [0.1, 0.15) is 0 Å². The van der Waals surface area contributed by atoms with E-state index < -0.39 is 0 Å². The van der Waals surface area contributed by atoms with E-state index in [-0.39, 0.29) is 11.8 Å². The Kier molecular flexibility index (Phi) is 4.48. The zero-order valence-electron chi connectivity index (χ0n) is 15.5. The van der Waals surface area contributed by atoms with Gasteiger partial charge in [0, 0.05) is 18.5 Å². The fraction of sp³-hybridized carbons (Fsp3) is 0.286. The zero-order valence-corrected chi connectivity index (χ0v) is 16.2. The molecule has 0 N–H and O–H groups in total. The second-order valence-electron chi connectivity index (χ2n) is 7.13. The molecule has 2 aromatic carbocycles. The van der Waals surface area contributed by atoms with Crippen molar-refractivity contribution in [2.24, 2.45) is 0 Å². The third kappa shape index (κ3) is 3.35. The second-order valence-corrected chi connectivity index (χ2v) is 7.54. The molecule has 138 valence electrons. The number of benzene rings is 2. The molecule has 0 aliphatic carbocycles. The normalized spacial score (nSPS) is 17.0. The van der Waals surface area contributed by atoms with E-state index in [4.69, 9.17) is 16.1 Å². The van der Waals surface area contributed by atoms with E-state index in [0.29, 0.717) is 29.7 Å². The molecule has 1 amide bonds. The standard InChI is InChI=1S/C21H20ClN3O2/c1-12-4-6-14(3)16(8-12)20-23-21(27-24-20)15-10-19(26)25(11-15)18-7-5-13(2)9-17(18)22/h4-9,15H,10-11H2,1-3H3. The van der Waals surface area contributed by atoms with E-state index >= 15 is 0 Å². The number of halogens is 1. The number of aryl methyl sites for hydroxylation is 3. The summed E-state index contributed by atoms with van der Waals surface area (Å²) in [5, 5.41) is 4.72. The summed E-state index contributed by atoms with van der Waals surface area (Å²) in [5.74, 6) is 0.925. The molecule has 0 saturated carbocycles. The predicted octanol–water partition coefficient (Wildman–Crippen LogP) is 4.84. The zero-order chi connectivity index (χ0) is 19.1. The molecule has 1 aromatic heterocycles. The number of anilines is 1. The van der Waals surface area contributed by atoms with Crippen LogP contribution in [0.4, 0.5) is 5.69 Å². The van der Waals surface area contributed by atoms with Crippen molar-refractivity contribution in [1.29, 1.82) is 0 Å². The van der Waals surface area contributed by atoms with Gasteiger partial charge in [0.2, 0.25) is 17.6 Å². The van der Waals surface area contributed by atoms with Crippen LogP contribution < -0.4 is 4.90 Å². The number of rotatable bonds is 3. The molecule has 0 bridgehead atoms. The van der Waals surface area contributed by atoms with Gasteiger partial charge in [-0.25, -0.2) is 0 Å². The van der Waals surface area contributed by atoms with Gasteiger partial charge in [0.05, 0.1) is 16.6 Å². The molecule has 6 heteroatoms. The highest BCUT2D eigenvalue weighted by molar-refractivity contribution is 6.34. The van der Waals surface area contributed by atoms with Crippen molar-refractivity contribution in [2.45, 2.75) is 33.1 Å². The molecule has 3 aromatic rings. The number of amides is 1.